The summed E-state index contributed by atoms with van der Waals surface area (Å²) in [6, 6.07) is 0. The van der Waals surface area contributed by atoms with Crippen molar-refractivity contribution in [2.24, 2.45) is 5.73 Å². The van der Waals surface area contributed by atoms with Crippen LogP contribution in [0.2, 0.25) is 0 Å². The Morgan fingerprint density at radius 3 is 0.809 bits per heavy atom. The van der Waals surface area contributed by atoms with Gasteiger partial charge in [0.2, 0.25) is 0 Å². The monoisotopic (exact) mass is 1350 g/mol. The van der Waals surface area contributed by atoms with Crippen LogP contribution in [0, 0.1) is 0 Å². The maximum absolute atomic E-state index is 12.8. The molecule has 0 saturated carbocycles. The number of unbranched alkanes of at least 4 members (excludes halogenated alkanes) is 65. The molecule has 10 heteroatoms. The molecule has 0 aromatic heterocycles. The van der Waals surface area contributed by atoms with Gasteiger partial charge >= 0.3 is 19.8 Å². The fourth-order valence-corrected chi connectivity index (χ4v) is 14.1. The Kier molecular flexibility index (Phi) is 79.2. The van der Waals surface area contributed by atoms with E-state index in [4.69, 9.17) is 24.3 Å². The van der Waals surface area contributed by atoms with Crippen LogP contribution in [0.5, 0.6) is 0 Å². The number of hydrogen-bond acceptors (Lipinski definition) is 8. The highest BCUT2D eigenvalue weighted by molar-refractivity contribution is 7.47. The second-order valence-electron chi connectivity index (χ2n) is 29.1. The third-order valence-electron chi connectivity index (χ3n) is 19.6. The van der Waals surface area contributed by atoms with E-state index in [1.54, 1.807) is 0 Å². The first-order valence-electron chi connectivity index (χ1n) is 42.3. The van der Waals surface area contributed by atoms with Crippen LogP contribution in [0.25, 0.3) is 0 Å². The summed E-state index contributed by atoms with van der Waals surface area (Å²) in [5, 5.41) is 0. The number of rotatable bonds is 82. The van der Waals surface area contributed by atoms with Gasteiger partial charge in [0.1, 0.15) is 6.61 Å². The van der Waals surface area contributed by atoms with Gasteiger partial charge < -0.3 is 20.1 Å². The maximum Gasteiger partial charge on any atom is 0.472 e. The second-order valence-corrected chi connectivity index (χ2v) is 30.5. The number of carbonyl (C=O) groups excluding carboxylic acids is 2. The number of phosphoric ester groups is 1. The van der Waals surface area contributed by atoms with Crippen LogP contribution in [0.3, 0.4) is 0 Å². The highest BCUT2D eigenvalue weighted by atomic mass is 31.2. The molecular weight excluding hydrogens is 1180 g/mol. The predicted molar refractivity (Wildman–Crippen MR) is 409 cm³/mol. The largest absolute Gasteiger partial charge is 0.472 e. The molecule has 94 heavy (non-hydrogen) atoms. The molecule has 0 rings (SSSR count). The maximum atomic E-state index is 12.8. The van der Waals surface area contributed by atoms with E-state index in [1.165, 1.54) is 398 Å². The first kappa shape index (κ1) is 92.5. The van der Waals surface area contributed by atoms with Gasteiger partial charge in [0.25, 0.3) is 0 Å². The molecule has 0 aliphatic carbocycles. The van der Waals surface area contributed by atoms with E-state index in [0.717, 1.165) is 38.5 Å². The lowest BCUT2D eigenvalue weighted by Crippen LogP contribution is -2.29. The average molecular weight is 1350 g/mol. The van der Waals surface area contributed by atoms with Gasteiger partial charge in [-0.3, -0.25) is 18.6 Å². The zero-order valence-electron chi connectivity index (χ0n) is 63.2. The zero-order valence-corrected chi connectivity index (χ0v) is 64.1. The van der Waals surface area contributed by atoms with E-state index >= 15 is 0 Å². The highest BCUT2D eigenvalue weighted by Gasteiger charge is 2.26. The molecule has 0 fully saturated rings. The lowest BCUT2D eigenvalue weighted by Gasteiger charge is -2.19. The Labute approximate surface area is 586 Å². The first-order chi connectivity index (χ1) is 46.3. The van der Waals surface area contributed by atoms with E-state index in [2.05, 4.69) is 38.2 Å². The van der Waals surface area contributed by atoms with Crippen molar-refractivity contribution in [2.75, 3.05) is 26.4 Å². The van der Waals surface area contributed by atoms with E-state index in [0.29, 0.717) is 6.42 Å². The molecule has 9 nitrogen and oxygen atoms in total. The van der Waals surface area contributed by atoms with Gasteiger partial charge in [-0.15, -0.1) is 0 Å². The van der Waals surface area contributed by atoms with E-state index in [1.807, 2.05) is 0 Å². The SMILES string of the molecule is CCCCCCC/C=C\C/C=C\CCCCCCCCCCCCCCCCCCCCCCCCCCCCCCCC(=O)OC(COC(=O)CCCCCCCCCCCCCCCCCCCCCCCCCCCCCCCCCC)COP(=O)(O)OCCN. The van der Waals surface area contributed by atoms with Crippen LogP contribution in [0.4, 0.5) is 0 Å². The van der Waals surface area contributed by atoms with E-state index in [-0.39, 0.29) is 38.6 Å². The van der Waals surface area contributed by atoms with Gasteiger partial charge in [0.05, 0.1) is 13.2 Å². The summed E-state index contributed by atoms with van der Waals surface area (Å²) in [5.74, 6) is -0.796. The molecule has 0 aliphatic rings. The number of esters is 2. The number of nitrogens with two attached hydrogens (primary N) is 1. The lowest BCUT2D eigenvalue weighted by atomic mass is 10.0. The molecule has 2 atom stereocenters. The Morgan fingerprint density at radius 2 is 0.553 bits per heavy atom. The predicted octanol–water partition coefficient (Wildman–Crippen LogP) is 28.4. The molecule has 0 saturated heterocycles. The summed E-state index contributed by atoms with van der Waals surface area (Å²) >= 11 is 0. The standard InChI is InChI=1S/C84H164NO8P/c1-3-5-7-9-11-13-15-17-19-21-23-25-27-29-31-33-35-37-38-39-40-41-42-43-44-45-47-49-51-53-55-57-59-61-63-65-67-69-71-73-75-77-84(87)93-82(81-92-94(88,89)91-79-78-85)80-90-83(86)76-74-72-70-68-66-64-62-60-58-56-54-52-50-48-46-36-34-32-30-28-26-24-22-20-18-16-14-12-10-8-6-4-2/h15,17,21,23,82H,3-14,16,18-20,22,24-81,85H2,1-2H3,(H,88,89)/b17-15-,23-21-. The first-order valence-corrected chi connectivity index (χ1v) is 43.8. The van der Waals surface area contributed by atoms with Crippen LogP contribution in [-0.4, -0.2) is 49.3 Å². The normalized spacial score (nSPS) is 12.9. The average Bonchev–Trinajstić information content (AvgIpc) is 3.59. The van der Waals surface area contributed by atoms with E-state index < -0.39 is 26.5 Å². The summed E-state index contributed by atoms with van der Waals surface area (Å²) in [6.45, 7) is 3.84. The van der Waals surface area contributed by atoms with Crippen molar-refractivity contribution in [1.29, 1.82) is 0 Å². The molecule has 3 N–H and O–H groups in total. The minimum absolute atomic E-state index is 0.0579. The molecule has 0 heterocycles. The molecule has 0 aromatic carbocycles. The highest BCUT2D eigenvalue weighted by Crippen LogP contribution is 2.43. The Morgan fingerprint density at radius 1 is 0.319 bits per heavy atom. The molecule has 0 spiro atoms. The molecule has 0 amide bonds. The number of carbonyl (C=O) groups is 2. The van der Waals surface area contributed by atoms with Crippen LogP contribution in [0.15, 0.2) is 24.3 Å². The van der Waals surface area contributed by atoms with Crippen LogP contribution in [-0.2, 0) is 32.7 Å². The van der Waals surface area contributed by atoms with Crippen molar-refractivity contribution in [1.82, 2.24) is 0 Å². The molecule has 0 aromatic rings. The zero-order chi connectivity index (χ0) is 67.9. The van der Waals surface area contributed by atoms with Crippen LogP contribution < -0.4 is 5.73 Å². The van der Waals surface area contributed by atoms with Crippen molar-refractivity contribution in [3.63, 3.8) is 0 Å². The minimum Gasteiger partial charge on any atom is -0.462 e. The number of ether oxygens (including phenoxy) is 2. The molecule has 0 aliphatic heterocycles. The second kappa shape index (κ2) is 80.5. The Hall–Kier alpha value is -1.51. The smallest absolute Gasteiger partial charge is 0.462 e. The topological polar surface area (TPSA) is 134 Å². The van der Waals surface area contributed by atoms with Crippen molar-refractivity contribution in [2.45, 2.75) is 476 Å². The molecule has 558 valence electrons. The van der Waals surface area contributed by atoms with Gasteiger partial charge in [-0.1, -0.05) is 436 Å². The third-order valence-corrected chi connectivity index (χ3v) is 20.6. The fourth-order valence-electron chi connectivity index (χ4n) is 13.3. The van der Waals surface area contributed by atoms with Gasteiger partial charge in [-0.05, 0) is 44.9 Å². The number of hydrogen-bond donors (Lipinski definition) is 2. The number of phosphoric acid groups is 1. The van der Waals surface area contributed by atoms with Crippen LogP contribution >= 0.6 is 7.82 Å². The fraction of sp³-hybridized carbons (Fsp3) is 0.929. The summed E-state index contributed by atoms with van der Waals surface area (Å²) < 4.78 is 33.3. The summed E-state index contributed by atoms with van der Waals surface area (Å²) in [5.41, 5.74) is 5.42. The van der Waals surface area contributed by atoms with Crippen molar-refractivity contribution in [3.05, 3.63) is 24.3 Å². The van der Waals surface area contributed by atoms with Crippen molar-refractivity contribution in [3.8, 4) is 0 Å². The molecule has 0 radical (unpaired) electrons. The molecule has 0 bridgehead atoms. The summed E-state index contributed by atoms with van der Waals surface area (Å²) in [4.78, 5) is 35.5. The van der Waals surface area contributed by atoms with Crippen LogP contribution in [0.1, 0.15) is 470 Å². The summed E-state index contributed by atoms with van der Waals surface area (Å²) in [7, 11) is -4.39. The number of allylic oxidation sites excluding steroid dienone is 4. The van der Waals surface area contributed by atoms with Crippen molar-refractivity contribution < 1.29 is 37.6 Å². The third kappa shape index (κ3) is 79.5. The van der Waals surface area contributed by atoms with E-state index in [9.17, 15) is 19.0 Å². The summed E-state index contributed by atoms with van der Waals surface area (Å²) in [6.07, 6.45) is 102. The minimum atomic E-state index is -4.39. The van der Waals surface area contributed by atoms with Gasteiger partial charge in [-0.25, -0.2) is 4.57 Å². The molecule has 2 unspecified atom stereocenters. The Bertz CT molecular complexity index is 1590. The lowest BCUT2D eigenvalue weighted by molar-refractivity contribution is -0.161. The van der Waals surface area contributed by atoms with Gasteiger partial charge in [0.15, 0.2) is 6.10 Å². The Balaban J connectivity index is 3.70. The van der Waals surface area contributed by atoms with Gasteiger partial charge in [0, 0.05) is 19.4 Å². The quantitative estimate of drug-likeness (QED) is 0.0264. The molecular formula is C84H164NO8P. The van der Waals surface area contributed by atoms with Gasteiger partial charge in [-0.2, -0.15) is 0 Å². The van der Waals surface area contributed by atoms with Crippen molar-refractivity contribution >= 4 is 19.8 Å².